The molecule has 3 aliphatic carbocycles. The van der Waals surface area contributed by atoms with E-state index in [0.29, 0.717) is 5.92 Å². The summed E-state index contributed by atoms with van der Waals surface area (Å²) in [6.07, 6.45) is 7.83. The summed E-state index contributed by atoms with van der Waals surface area (Å²) >= 11 is 0. The second kappa shape index (κ2) is 3.32. The molecule has 0 spiro atoms. The molecule has 18 heavy (non-hydrogen) atoms. The topological polar surface area (TPSA) is 23.9 Å². The zero-order valence-electron chi connectivity index (χ0n) is 10.4. The highest BCUT2D eigenvalue weighted by Gasteiger charge is 2.39. The van der Waals surface area contributed by atoms with Gasteiger partial charge in [-0.1, -0.05) is 49.4 Å². The third-order valence-electron chi connectivity index (χ3n) is 4.35. The third kappa shape index (κ3) is 1.09. The molecule has 2 atom stereocenters. The van der Waals surface area contributed by atoms with Crippen molar-refractivity contribution < 1.29 is 0 Å². The summed E-state index contributed by atoms with van der Waals surface area (Å²) in [4.78, 5) is 0. The van der Waals surface area contributed by atoms with Crippen LogP contribution in [0.1, 0.15) is 24.5 Å². The van der Waals surface area contributed by atoms with Gasteiger partial charge in [-0.2, -0.15) is 0 Å². The molecule has 0 amide bonds. The molecule has 1 N–H and O–H groups in total. The molecule has 1 aromatic carbocycles. The van der Waals surface area contributed by atoms with Crippen molar-refractivity contribution in [2.24, 2.45) is 11.8 Å². The lowest BCUT2D eigenvalue weighted by Crippen LogP contribution is -2.23. The Bertz CT molecular complexity index is 658. The molecular formula is C17H15N. The summed E-state index contributed by atoms with van der Waals surface area (Å²) in [5.74, 6) is 0.591. The van der Waals surface area contributed by atoms with Crippen LogP contribution in [0.25, 0.3) is 11.1 Å². The second-order valence-corrected chi connectivity index (χ2v) is 5.36. The monoisotopic (exact) mass is 233 g/mol. The fourth-order valence-electron chi connectivity index (χ4n) is 3.53. The maximum absolute atomic E-state index is 8.29. The first-order valence-electron chi connectivity index (χ1n) is 6.58. The van der Waals surface area contributed by atoms with Crippen molar-refractivity contribution in [3.05, 3.63) is 59.2 Å². The van der Waals surface area contributed by atoms with Crippen LogP contribution in [0, 0.1) is 17.2 Å². The average Bonchev–Trinajstić information content (AvgIpc) is 2.72. The predicted molar refractivity (Wildman–Crippen MR) is 75.5 cm³/mol. The molecule has 2 unspecified atom stereocenters. The molecule has 3 aliphatic rings. The third-order valence-corrected chi connectivity index (χ3v) is 4.35. The van der Waals surface area contributed by atoms with Crippen molar-refractivity contribution in [1.82, 2.24) is 0 Å². The first-order valence-corrected chi connectivity index (χ1v) is 6.58. The van der Waals surface area contributed by atoms with Gasteiger partial charge < -0.3 is 5.41 Å². The lowest BCUT2D eigenvalue weighted by atomic mass is 9.74. The quantitative estimate of drug-likeness (QED) is 0.698. The molecule has 0 radical (unpaired) electrons. The summed E-state index contributed by atoms with van der Waals surface area (Å²) in [7, 11) is 0. The fourth-order valence-corrected chi connectivity index (χ4v) is 3.53. The Hall–Kier alpha value is -1.89. The Morgan fingerprint density at radius 3 is 2.44 bits per heavy atom. The van der Waals surface area contributed by atoms with Gasteiger partial charge >= 0.3 is 0 Å². The van der Waals surface area contributed by atoms with E-state index in [1.54, 1.807) is 0 Å². The molecule has 0 fully saturated rings. The second-order valence-electron chi connectivity index (χ2n) is 5.36. The van der Waals surface area contributed by atoms with Gasteiger partial charge in [0.05, 0.1) is 0 Å². The summed E-state index contributed by atoms with van der Waals surface area (Å²) in [5.41, 5.74) is 7.65. The highest BCUT2D eigenvalue weighted by atomic mass is 14.5. The molecule has 4 rings (SSSR count). The Morgan fingerprint density at radius 2 is 1.67 bits per heavy atom. The number of hydrogen-bond donors (Lipinski definition) is 1. The standard InChI is InChI=1S/C17H15N/c1-10-9-15-12-6-3-2-5-11(12)13-7-4-8-14(16(13)15)17(10)18/h2-3,5-10,16,18H,4H2,1H3. The Labute approximate surface area is 107 Å². The maximum atomic E-state index is 8.29. The molecule has 0 saturated carbocycles. The van der Waals surface area contributed by atoms with Gasteiger partial charge in [0.25, 0.3) is 0 Å². The van der Waals surface area contributed by atoms with Gasteiger partial charge in [-0.05, 0) is 34.3 Å². The molecule has 1 aromatic rings. The van der Waals surface area contributed by atoms with E-state index in [0.717, 1.165) is 12.1 Å². The smallest absolute Gasteiger partial charge is 0.0418 e. The van der Waals surface area contributed by atoms with Crippen molar-refractivity contribution in [3.63, 3.8) is 0 Å². The molecule has 0 aromatic heterocycles. The van der Waals surface area contributed by atoms with Gasteiger partial charge in [0.15, 0.2) is 0 Å². The van der Waals surface area contributed by atoms with Crippen molar-refractivity contribution in [1.29, 1.82) is 5.41 Å². The van der Waals surface area contributed by atoms with Crippen molar-refractivity contribution >= 4 is 16.9 Å². The van der Waals surface area contributed by atoms with E-state index < -0.39 is 0 Å². The largest absolute Gasteiger partial charge is 0.304 e. The molecule has 0 bridgehead atoms. The van der Waals surface area contributed by atoms with Gasteiger partial charge in [0.2, 0.25) is 0 Å². The van der Waals surface area contributed by atoms with E-state index in [1.807, 2.05) is 0 Å². The van der Waals surface area contributed by atoms with E-state index in [4.69, 9.17) is 5.41 Å². The fraction of sp³-hybridized carbons (Fsp3) is 0.235. The molecular weight excluding hydrogens is 218 g/mol. The van der Waals surface area contributed by atoms with Gasteiger partial charge in [0.1, 0.15) is 0 Å². The van der Waals surface area contributed by atoms with Crippen molar-refractivity contribution in [2.75, 3.05) is 0 Å². The lowest BCUT2D eigenvalue weighted by Gasteiger charge is -2.29. The molecule has 0 saturated heterocycles. The zero-order chi connectivity index (χ0) is 12.3. The van der Waals surface area contributed by atoms with Crippen LogP contribution in [-0.4, -0.2) is 5.71 Å². The number of allylic oxidation sites excluding steroid dienone is 6. The number of nitrogens with one attached hydrogen (secondary N) is 1. The van der Waals surface area contributed by atoms with E-state index >= 15 is 0 Å². The number of fused-ring (bicyclic) bond motifs is 3. The minimum absolute atomic E-state index is 0.244. The Balaban J connectivity index is 2.04. The van der Waals surface area contributed by atoms with Crippen molar-refractivity contribution in [2.45, 2.75) is 13.3 Å². The first kappa shape index (κ1) is 10.1. The number of hydrogen-bond acceptors (Lipinski definition) is 1. The predicted octanol–water partition coefficient (Wildman–Crippen LogP) is 4.08. The minimum atomic E-state index is 0.244. The van der Waals surface area contributed by atoms with Gasteiger partial charge in [-0.15, -0.1) is 0 Å². The normalized spacial score (nSPS) is 28.1. The van der Waals surface area contributed by atoms with E-state index in [2.05, 4.69) is 49.4 Å². The molecule has 1 heteroatoms. The molecule has 0 heterocycles. The molecule has 1 nitrogen and oxygen atoms in total. The Kier molecular flexibility index (Phi) is 1.86. The molecule has 88 valence electrons. The average molecular weight is 233 g/mol. The summed E-state index contributed by atoms with van der Waals surface area (Å²) < 4.78 is 0. The number of benzene rings is 1. The van der Waals surface area contributed by atoms with Crippen molar-refractivity contribution in [3.8, 4) is 0 Å². The van der Waals surface area contributed by atoms with E-state index in [-0.39, 0.29) is 5.92 Å². The summed E-state index contributed by atoms with van der Waals surface area (Å²) in [6, 6.07) is 8.67. The van der Waals surface area contributed by atoms with Gasteiger partial charge in [-0.3, -0.25) is 0 Å². The van der Waals surface area contributed by atoms with Crippen LogP contribution in [-0.2, 0) is 0 Å². The van der Waals surface area contributed by atoms with Crippen LogP contribution in [0.5, 0.6) is 0 Å². The first-order chi connectivity index (χ1) is 8.77. The van der Waals surface area contributed by atoms with Crippen LogP contribution in [0.15, 0.2) is 48.1 Å². The van der Waals surface area contributed by atoms with E-state index in [1.165, 1.54) is 27.8 Å². The van der Waals surface area contributed by atoms with Crippen LogP contribution < -0.4 is 0 Å². The summed E-state index contributed by atoms with van der Waals surface area (Å²) in [6.45, 7) is 2.13. The number of rotatable bonds is 0. The minimum Gasteiger partial charge on any atom is -0.304 e. The van der Waals surface area contributed by atoms with Crippen LogP contribution in [0.4, 0.5) is 0 Å². The molecule has 0 aliphatic heterocycles. The highest BCUT2D eigenvalue weighted by molar-refractivity contribution is 6.13. The Morgan fingerprint density at radius 1 is 1.00 bits per heavy atom. The zero-order valence-corrected chi connectivity index (χ0v) is 10.4. The van der Waals surface area contributed by atoms with Crippen LogP contribution in [0.2, 0.25) is 0 Å². The van der Waals surface area contributed by atoms with Gasteiger partial charge in [0, 0.05) is 17.5 Å². The van der Waals surface area contributed by atoms with Crippen LogP contribution >= 0.6 is 0 Å². The van der Waals surface area contributed by atoms with E-state index in [9.17, 15) is 0 Å². The highest BCUT2D eigenvalue weighted by Crippen LogP contribution is 2.53. The lowest BCUT2D eigenvalue weighted by molar-refractivity contribution is 0.900. The maximum Gasteiger partial charge on any atom is 0.0418 e. The summed E-state index contributed by atoms with van der Waals surface area (Å²) in [5, 5.41) is 8.29. The van der Waals surface area contributed by atoms with Crippen LogP contribution in [0.3, 0.4) is 0 Å². The van der Waals surface area contributed by atoms with Gasteiger partial charge in [-0.25, -0.2) is 0 Å². The SMILES string of the molecule is CC1C=C2c3ccccc3C3=CCC=C(C1=N)C32.